The van der Waals surface area contributed by atoms with Crippen LogP contribution in [-0.4, -0.2) is 17.9 Å². The molecular formula is C18H16ClFN2O3. The van der Waals surface area contributed by atoms with Gasteiger partial charge in [0.1, 0.15) is 0 Å². The van der Waals surface area contributed by atoms with Crippen LogP contribution in [0.3, 0.4) is 0 Å². The average Bonchev–Trinajstić information content (AvgIpc) is 2.60. The summed E-state index contributed by atoms with van der Waals surface area (Å²) in [6.45, 7) is 1.44. The largest absolute Gasteiger partial charge is 0.478 e. The van der Waals surface area contributed by atoms with Crippen molar-refractivity contribution in [2.75, 3.05) is 0 Å². The first-order valence-corrected chi connectivity index (χ1v) is 7.79. The molecule has 0 aliphatic rings. The third-order valence-corrected chi connectivity index (χ3v) is 3.48. The van der Waals surface area contributed by atoms with Crippen LogP contribution in [0.25, 0.3) is 6.08 Å². The van der Waals surface area contributed by atoms with Crippen LogP contribution in [0.2, 0.25) is 5.02 Å². The topological polar surface area (TPSA) is 67.4 Å². The van der Waals surface area contributed by atoms with E-state index in [1.54, 1.807) is 30.3 Å². The minimum atomic E-state index is -0.996. The molecule has 0 aromatic heterocycles. The van der Waals surface area contributed by atoms with E-state index >= 15 is 0 Å². The summed E-state index contributed by atoms with van der Waals surface area (Å²) in [7, 11) is 0. The lowest BCUT2D eigenvalue weighted by Crippen LogP contribution is -2.46. The van der Waals surface area contributed by atoms with E-state index in [4.69, 9.17) is 16.3 Å². The number of rotatable bonds is 5. The number of carbonyl (C=O) groups excluding carboxylic acids is 2. The molecule has 0 radical (unpaired) electrons. The molecule has 2 amide bonds. The number of hydrogen-bond donors (Lipinski definition) is 2. The fourth-order valence-electron chi connectivity index (χ4n) is 1.83. The summed E-state index contributed by atoms with van der Waals surface area (Å²) in [5, 5.41) is 0.502. The van der Waals surface area contributed by atoms with Crippen molar-refractivity contribution in [3.05, 3.63) is 71.0 Å². The van der Waals surface area contributed by atoms with E-state index in [0.29, 0.717) is 10.6 Å². The molecule has 0 unspecified atom stereocenters. The van der Waals surface area contributed by atoms with Crippen LogP contribution in [0.15, 0.2) is 54.6 Å². The van der Waals surface area contributed by atoms with Gasteiger partial charge in [0, 0.05) is 11.1 Å². The maximum absolute atomic E-state index is 13.5. The molecule has 2 aromatic rings. The van der Waals surface area contributed by atoms with Crippen molar-refractivity contribution in [1.82, 2.24) is 10.9 Å². The van der Waals surface area contributed by atoms with Crippen LogP contribution in [-0.2, 0) is 9.59 Å². The van der Waals surface area contributed by atoms with Crippen molar-refractivity contribution in [3.63, 3.8) is 0 Å². The molecule has 25 heavy (non-hydrogen) atoms. The number of amides is 2. The van der Waals surface area contributed by atoms with E-state index in [1.165, 1.54) is 37.3 Å². The molecule has 0 heterocycles. The normalized spacial score (nSPS) is 11.8. The number of benzene rings is 2. The molecule has 7 heteroatoms. The Balaban J connectivity index is 1.83. The predicted molar refractivity (Wildman–Crippen MR) is 93.3 cm³/mol. The predicted octanol–water partition coefficient (Wildman–Crippen LogP) is 3.11. The van der Waals surface area contributed by atoms with Gasteiger partial charge in [0.25, 0.3) is 11.8 Å². The highest BCUT2D eigenvalue weighted by Crippen LogP contribution is 2.17. The Hall–Kier alpha value is -2.86. The summed E-state index contributed by atoms with van der Waals surface area (Å²) in [6, 6.07) is 12.7. The van der Waals surface area contributed by atoms with Crippen LogP contribution < -0.4 is 15.6 Å². The maximum Gasteiger partial charge on any atom is 0.279 e. The first-order chi connectivity index (χ1) is 12.0. The smallest absolute Gasteiger partial charge is 0.279 e. The molecule has 5 nitrogen and oxygen atoms in total. The third kappa shape index (κ3) is 5.61. The van der Waals surface area contributed by atoms with E-state index in [-0.39, 0.29) is 5.75 Å². The van der Waals surface area contributed by atoms with Crippen molar-refractivity contribution in [1.29, 1.82) is 0 Å². The fraction of sp³-hybridized carbons (Fsp3) is 0.111. The number of para-hydroxylation sites is 1. The van der Waals surface area contributed by atoms with Crippen molar-refractivity contribution in [2.45, 2.75) is 13.0 Å². The van der Waals surface area contributed by atoms with E-state index in [9.17, 15) is 14.0 Å². The van der Waals surface area contributed by atoms with Crippen LogP contribution in [0, 0.1) is 5.82 Å². The molecular weight excluding hydrogens is 347 g/mol. The minimum Gasteiger partial charge on any atom is -0.478 e. The summed E-state index contributed by atoms with van der Waals surface area (Å²) in [6.07, 6.45) is 1.75. The van der Waals surface area contributed by atoms with Gasteiger partial charge in [0.05, 0.1) is 0 Å². The Morgan fingerprint density at radius 2 is 1.80 bits per heavy atom. The zero-order valence-electron chi connectivity index (χ0n) is 13.3. The number of nitrogens with one attached hydrogen (secondary N) is 2. The van der Waals surface area contributed by atoms with E-state index in [1.807, 2.05) is 0 Å². The number of ether oxygens (including phenoxy) is 1. The van der Waals surface area contributed by atoms with Gasteiger partial charge in [-0.2, -0.15) is 0 Å². The Bertz CT molecular complexity index is 795. The Labute approximate surface area is 149 Å². The third-order valence-electron chi connectivity index (χ3n) is 3.14. The summed E-state index contributed by atoms with van der Waals surface area (Å²) >= 11 is 5.97. The van der Waals surface area contributed by atoms with Crippen molar-refractivity contribution < 1.29 is 18.7 Å². The lowest BCUT2D eigenvalue weighted by Gasteiger charge is -2.15. The van der Waals surface area contributed by atoms with Gasteiger partial charge in [-0.3, -0.25) is 20.4 Å². The van der Waals surface area contributed by atoms with Gasteiger partial charge >= 0.3 is 0 Å². The summed E-state index contributed by atoms with van der Waals surface area (Å²) in [5.74, 6) is -1.79. The molecule has 0 saturated carbocycles. The zero-order chi connectivity index (χ0) is 18.2. The molecule has 0 bridgehead atoms. The van der Waals surface area contributed by atoms with Crippen LogP contribution in [0.5, 0.6) is 5.75 Å². The second kappa shape index (κ2) is 8.84. The van der Waals surface area contributed by atoms with Crippen molar-refractivity contribution in [3.8, 4) is 5.75 Å². The highest BCUT2D eigenvalue weighted by atomic mass is 35.5. The molecule has 0 fully saturated rings. The van der Waals surface area contributed by atoms with Gasteiger partial charge in [-0.25, -0.2) is 4.39 Å². The van der Waals surface area contributed by atoms with Crippen molar-refractivity contribution in [2.24, 2.45) is 0 Å². The molecule has 0 aliphatic carbocycles. The summed E-state index contributed by atoms with van der Waals surface area (Å²) in [5.41, 5.74) is 5.08. The number of halogens is 2. The van der Waals surface area contributed by atoms with Gasteiger partial charge in [0.2, 0.25) is 0 Å². The van der Waals surface area contributed by atoms with E-state index < -0.39 is 23.7 Å². The van der Waals surface area contributed by atoms with Crippen LogP contribution >= 0.6 is 11.6 Å². The first-order valence-electron chi connectivity index (χ1n) is 7.41. The Morgan fingerprint density at radius 3 is 2.52 bits per heavy atom. The first kappa shape index (κ1) is 18.5. The molecule has 0 saturated heterocycles. The van der Waals surface area contributed by atoms with Crippen LogP contribution in [0.4, 0.5) is 4.39 Å². The maximum atomic E-state index is 13.5. The van der Waals surface area contributed by atoms with Gasteiger partial charge in [0.15, 0.2) is 17.7 Å². The molecule has 1 atom stereocenters. The van der Waals surface area contributed by atoms with Gasteiger partial charge in [-0.15, -0.1) is 0 Å². The van der Waals surface area contributed by atoms with E-state index in [0.717, 1.165) is 0 Å². The van der Waals surface area contributed by atoms with Gasteiger partial charge in [-0.1, -0.05) is 41.9 Å². The second-order valence-electron chi connectivity index (χ2n) is 5.02. The molecule has 2 aromatic carbocycles. The number of hydrogen-bond acceptors (Lipinski definition) is 3. The molecule has 130 valence electrons. The lowest BCUT2D eigenvalue weighted by atomic mass is 10.2. The fourth-order valence-corrected chi connectivity index (χ4v) is 2.03. The quantitative estimate of drug-likeness (QED) is 0.634. The van der Waals surface area contributed by atoms with Crippen molar-refractivity contribution >= 4 is 29.5 Å². The molecule has 0 spiro atoms. The Morgan fingerprint density at radius 1 is 1.12 bits per heavy atom. The summed E-state index contributed by atoms with van der Waals surface area (Å²) < 4.78 is 18.7. The lowest BCUT2D eigenvalue weighted by molar-refractivity contribution is -0.131. The van der Waals surface area contributed by atoms with E-state index in [2.05, 4.69) is 10.9 Å². The Kier molecular flexibility index (Phi) is 6.54. The molecule has 2 N–H and O–H groups in total. The zero-order valence-corrected chi connectivity index (χ0v) is 14.1. The number of carbonyl (C=O) groups is 2. The second-order valence-corrected chi connectivity index (χ2v) is 5.43. The molecule has 0 aliphatic heterocycles. The minimum absolute atomic E-state index is 0.0462. The van der Waals surface area contributed by atoms with Gasteiger partial charge in [-0.05, 0) is 36.8 Å². The van der Waals surface area contributed by atoms with Crippen LogP contribution in [0.1, 0.15) is 12.5 Å². The van der Waals surface area contributed by atoms with Gasteiger partial charge < -0.3 is 4.74 Å². The highest BCUT2D eigenvalue weighted by Gasteiger charge is 2.16. The summed E-state index contributed by atoms with van der Waals surface area (Å²) in [4.78, 5) is 23.6. The molecule has 2 rings (SSSR count). The monoisotopic (exact) mass is 362 g/mol. The standard InChI is InChI=1S/C18H16ClFN2O3/c1-12(25-16-9-5-4-8-15(16)20)18(24)22-21-17(23)11-10-13-6-2-3-7-14(13)19/h2-12H,1H3,(H,21,23)(H,22,24)/b11-10+/t12-/m0/s1. The SMILES string of the molecule is C[C@H](Oc1ccccc1F)C(=O)NNC(=O)/C=C/c1ccccc1Cl. The average molecular weight is 363 g/mol. The number of hydrazine groups is 1. The highest BCUT2D eigenvalue weighted by molar-refractivity contribution is 6.32.